The van der Waals surface area contributed by atoms with Crippen LogP contribution in [0.4, 0.5) is 13.6 Å². The number of nitrogens with zero attached hydrogens (tertiary/aromatic N) is 2. The molecule has 1 aliphatic heterocycles. The van der Waals surface area contributed by atoms with E-state index in [0.29, 0.717) is 18.7 Å². The molecule has 2 aliphatic carbocycles. The van der Waals surface area contributed by atoms with Gasteiger partial charge in [0.05, 0.1) is 5.69 Å². The van der Waals surface area contributed by atoms with Crippen LogP contribution in [0.1, 0.15) is 89.1 Å². The van der Waals surface area contributed by atoms with E-state index in [9.17, 15) is 18.7 Å². The van der Waals surface area contributed by atoms with Gasteiger partial charge in [0.2, 0.25) is 12.6 Å². The number of hydrogen-bond donors (Lipinski definition) is 4. The van der Waals surface area contributed by atoms with Gasteiger partial charge in [-0.3, -0.25) is 10.3 Å². The molecule has 8 nitrogen and oxygen atoms in total. The van der Waals surface area contributed by atoms with Crippen LogP contribution >= 0.6 is 0 Å². The minimum Gasteiger partial charge on any atom is -0.439 e. The van der Waals surface area contributed by atoms with Crippen molar-refractivity contribution in [3.63, 3.8) is 0 Å². The number of carbonyl (C=O) groups excluding carboxylic acids is 1. The third-order valence-corrected chi connectivity index (χ3v) is 9.65. The highest BCUT2D eigenvalue weighted by molar-refractivity contribution is 5.69. The van der Waals surface area contributed by atoms with E-state index in [2.05, 4.69) is 35.7 Å². The van der Waals surface area contributed by atoms with Crippen molar-refractivity contribution >= 4 is 12.8 Å². The minimum absolute atomic E-state index is 0.0351. The number of aliphatic hydroxyl groups excluding tert-OH is 1. The van der Waals surface area contributed by atoms with Gasteiger partial charge in [-0.05, 0) is 67.8 Å². The molecule has 2 aromatic rings. The Morgan fingerprint density at radius 2 is 1.98 bits per heavy atom. The third kappa shape index (κ3) is 9.33. The molecule has 1 amide bonds. The van der Waals surface area contributed by atoms with Crippen LogP contribution in [0.5, 0.6) is 0 Å². The lowest BCUT2D eigenvalue weighted by atomic mass is 9.77. The number of benzene rings is 1. The first kappa shape index (κ1) is 34.9. The molecule has 1 aromatic carbocycles. The summed E-state index contributed by atoms with van der Waals surface area (Å²) in [5, 5.41) is 21.5. The molecule has 0 spiro atoms. The lowest BCUT2D eigenvalue weighted by Crippen LogP contribution is -2.44. The van der Waals surface area contributed by atoms with Crippen molar-refractivity contribution in [3.05, 3.63) is 77.7 Å². The van der Waals surface area contributed by atoms with Crippen LogP contribution in [0, 0.1) is 5.41 Å². The van der Waals surface area contributed by atoms with Crippen molar-refractivity contribution in [1.29, 1.82) is 0 Å². The van der Waals surface area contributed by atoms with Gasteiger partial charge in [-0.1, -0.05) is 57.0 Å². The average molecular weight is 651 g/mol. The van der Waals surface area contributed by atoms with E-state index in [1.165, 1.54) is 6.08 Å². The lowest BCUT2D eigenvalue weighted by molar-refractivity contribution is -0.359. The van der Waals surface area contributed by atoms with E-state index in [1.54, 1.807) is 6.20 Å². The summed E-state index contributed by atoms with van der Waals surface area (Å²) in [6.45, 7) is 11.8. The maximum Gasteiger partial charge on any atom is 0.407 e. The number of nitrogens with one attached hydrogen (secondary N) is 3. The summed E-state index contributed by atoms with van der Waals surface area (Å²) in [5.74, 6) is -1.03. The Morgan fingerprint density at radius 3 is 2.68 bits per heavy atom. The van der Waals surface area contributed by atoms with Gasteiger partial charge in [-0.25, -0.2) is 18.2 Å². The van der Waals surface area contributed by atoms with Crippen molar-refractivity contribution in [1.82, 2.24) is 20.9 Å². The summed E-state index contributed by atoms with van der Waals surface area (Å²) < 4.78 is 36.1. The molecule has 1 saturated carbocycles. The van der Waals surface area contributed by atoms with Gasteiger partial charge in [-0.2, -0.15) is 0 Å². The fourth-order valence-corrected chi connectivity index (χ4v) is 7.19. The number of rotatable bonds is 14. The Hall–Kier alpha value is -3.47. The normalized spacial score (nSPS) is 26.1. The summed E-state index contributed by atoms with van der Waals surface area (Å²) >= 11 is 0. The minimum atomic E-state index is -1.14. The Bertz CT molecular complexity index is 1470. The lowest BCUT2D eigenvalue weighted by Gasteiger charge is -2.34. The molecule has 254 valence electrons. The van der Waals surface area contributed by atoms with Crippen molar-refractivity contribution in [2.45, 2.75) is 102 Å². The first-order valence-corrected chi connectivity index (χ1v) is 17.0. The molecule has 10 heteroatoms. The first-order valence-electron chi connectivity index (χ1n) is 17.0. The second-order valence-electron chi connectivity index (χ2n) is 13.8. The fraction of sp³-hybridized carbons (Fsp3) is 0.541. The molecule has 5 unspecified atom stereocenters. The van der Waals surface area contributed by atoms with E-state index < -0.39 is 29.4 Å². The van der Waals surface area contributed by atoms with Gasteiger partial charge in [-0.15, -0.1) is 0 Å². The first-order chi connectivity index (χ1) is 22.5. The molecule has 4 N–H and O–H groups in total. The van der Waals surface area contributed by atoms with Gasteiger partial charge >= 0.3 is 6.09 Å². The van der Waals surface area contributed by atoms with Crippen molar-refractivity contribution < 1.29 is 28.0 Å². The van der Waals surface area contributed by atoms with E-state index >= 15 is 0 Å². The highest BCUT2D eigenvalue weighted by atomic mass is 19.1. The molecule has 3 aliphatic rings. The van der Waals surface area contributed by atoms with Crippen LogP contribution in [0.3, 0.4) is 0 Å². The molecule has 2 heterocycles. The number of ether oxygens (including phenoxy) is 1. The predicted molar refractivity (Wildman–Crippen MR) is 181 cm³/mol. The average Bonchev–Trinajstić information content (AvgIpc) is 3.77. The van der Waals surface area contributed by atoms with Crippen molar-refractivity contribution in [2.24, 2.45) is 5.41 Å². The van der Waals surface area contributed by atoms with Gasteiger partial charge < -0.3 is 20.5 Å². The smallest absolute Gasteiger partial charge is 0.407 e. The van der Waals surface area contributed by atoms with Crippen molar-refractivity contribution in [2.75, 3.05) is 19.6 Å². The van der Waals surface area contributed by atoms with Crippen LogP contribution in [-0.2, 0) is 4.74 Å². The van der Waals surface area contributed by atoms with Gasteiger partial charge in [0.15, 0.2) is 6.10 Å². The Labute approximate surface area is 277 Å². The van der Waals surface area contributed by atoms with Crippen molar-refractivity contribution in [3.8, 4) is 11.1 Å². The maximum absolute atomic E-state index is 14.3. The molecular weight excluding hydrogens is 600 g/mol. The van der Waals surface area contributed by atoms with Gasteiger partial charge in [0.25, 0.3) is 0 Å². The van der Waals surface area contributed by atoms with E-state index in [4.69, 9.17) is 9.72 Å². The van der Waals surface area contributed by atoms with Crippen LogP contribution in [-0.4, -0.2) is 71.3 Å². The molecule has 2 fully saturated rings. The highest BCUT2D eigenvalue weighted by Crippen LogP contribution is 2.40. The van der Waals surface area contributed by atoms with Crippen LogP contribution in [0.15, 0.2) is 66.4 Å². The number of pyridine rings is 1. The van der Waals surface area contributed by atoms with Gasteiger partial charge in [0, 0.05) is 48.8 Å². The predicted octanol–water partition coefficient (Wildman–Crippen LogP) is 6.44. The molecular formula is C37H50F2N5O3+. The molecule has 7 atom stereocenters. The molecule has 1 aromatic heterocycles. The van der Waals surface area contributed by atoms with E-state index in [1.807, 2.05) is 48.8 Å². The summed E-state index contributed by atoms with van der Waals surface area (Å²) in [4.78, 5) is 17.7. The zero-order valence-electron chi connectivity index (χ0n) is 27.9. The summed E-state index contributed by atoms with van der Waals surface area (Å²) in [7, 11) is 0. The largest absolute Gasteiger partial charge is 0.439 e. The topological polar surface area (TPSA) is 98.5 Å². The Balaban J connectivity index is 1.37. The third-order valence-electron chi connectivity index (χ3n) is 9.65. The second-order valence-corrected chi connectivity index (χ2v) is 13.8. The second kappa shape index (κ2) is 15.6. The summed E-state index contributed by atoms with van der Waals surface area (Å²) in [5.41, 5.74) is 2.41. The molecule has 47 heavy (non-hydrogen) atoms. The van der Waals surface area contributed by atoms with E-state index in [-0.39, 0.29) is 36.6 Å². The molecule has 1 saturated heterocycles. The highest BCUT2D eigenvalue weighted by Gasteiger charge is 2.45. The Morgan fingerprint density at radius 1 is 1.23 bits per heavy atom. The van der Waals surface area contributed by atoms with Crippen LogP contribution < -0.4 is 16.0 Å². The number of hydrogen-bond acceptors (Lipinski definition) is 6. The zero-order chi connectivity index (χ0) is 33.6. The number of halogens is 2. The number of alkyl carbamates (subject to hydrolysis) is 1. The molecule has 0 radical (unpaired) electrons. The summed E-state index contributed by atoms with van der Waals surface area (Å²) in [6.07, 6.45) is 7.65. The zero-order valence-corrected chi connectivity index (χ0v) is 27.9. The standard InChI is InChI=1S/C37H49F2N5O3/c1-5-15-40-22-29(20-37(3)18-27(38)17-28(39)19-37)42-35(45)34-31(25-11-7-6-8-12-25)16-26(21-41-34)30-13-9-10-14-32(30)43-36(46)47-24(2)33-23-44(33)4/h6-8,11-12,16-18,21,24,29-30,32-33,35,40,42,45H,4-5,9-10,13-15,19-20,22-23H2,1-3H3/p+1/t24?,29?,30-,32+,33?,35?,37?/m1/s1. The SMILES string of the molecule is C=[N+]1CC1C(C)OC(=O)N[C@H]1CCCC[C@@H]1c1cnc(C(O)NC(CNCCC)CC2(C)C=C(F)C=C(F)C2)c(-c2ccccc2)c1. The fourth-order valence-electron chi connectivity index (χ4n) is 7.19. The van der Waals surface area contributed by atoms with Crippen LogP contribution in [0.2, 0.25) is 0 Å². The number of carbonyl (C=O) groups is 1. The number of allylic oxidation sites excluding steroid dienone is 4. The van der Waals surface area contributed by atoms with Gasteiger partial charge in [0.1, 0.15) is 24.6 Å². The molecule has 0 bridgehead atoms. The number of amides is 1. The molecule has 5 rings (SSSR count). The van der Waals surface area contributed by atoms with E-state index in [0.717, 1.165) is 68.0 Å². The number of aliphatic hydroxyl groups is 1. The Kier molecular flexibility index (Phi) is 11.6. The van der Waals surface area contributed by atoms with Crippen LogP contribution in [0.25, 0.3) is 11.1 Å². The maximum atomic E-state index is 14.3. The number of aromatic nitrogens is 1. The quantitative estimate of drug-likeness (QED) is 0.0814. The monoisotopic (exact) mass is 650 g/mol. The summed E-state index contributed by atoms with van der Waals surface area (Å²) in [6, 6.07) is 11.7.